The van der Waals surface area contributed by atoms with Gasteiger partial charge in [0, 0.05) is 74.2 Å². The Hall–Kier alpha value is -3.50. The predicted molar refractivity (Wildman–Crippen MR) is 156 cm³/mol. The van der Waals surface area contributed by atoms with Gasteiger partial charge in [0.15, 0.2) is 0 Å². The highest BCUT2D eigenvalue weighted by Crippen LogP contribution is 2.39. The third-order valence-corrected chi connectivity index (χ3v) is 9.17. The molecule has 0 bridgehead atoms. The van der Waals surface area contributed by atoms with Gasteiger partial charge < -0.3 is 15.1 Å². The Labute approximate surface area is 245 Å². The number of piperazine rings is 1. The number of rotatable bonds is 6. The molecule has 6 rings (SSSR count). The number of carbonyl (C=O) groups excluding carboxylic acids is 2. The van der Waals surface area contributed by atoms with Gasteiger partial charge in [-0.15, -0.1) is 0 Å². The van der Waals surface area contributed by atoms with Crippen molar-refractivity contribution in [1.29, 1.82) is 0 Å². The molecule has 2 saturated heterocycles. The maximum atomic E-state index is 14.3. The molecule has 10 heteroatoms. The lowest BCUT2D eigenvalue weighted by Crippen LogP contribution is -2.61. The van der Waals surface area contributed by atoms with E-state index in [0.717, 1.165) is 17.3 Å². The van der Waals surface area contributed by atoms with Crippen molar-refractivity contribution in [3.63, 3.8) is 0 Å². The third-order valence-electron chi connectivity index (χ3n) is 9.17. The van der Waals surface area contributed by atoms with Crippen LogP contribution in [0.25, 0.3) is 0 Å². The Bertz CT molecular complexity index is 1470. The molecule has 4 aliphatic rings. The minimum absolute atomic E-state index is 0.000722. The monoisotopic (exact) mass is 576 g/mol. The van der Waals surface area contributed by atoms with Crippen LogP contribution in [-0.4, -0.2) is 83.2 Å². The number of carbonyl (C=O) groups is 2. The maximum absolute atomic E-state index is 14.3. The van der Waals surface area contributed by atoms with Crippen LogP contribution in [0.4, 0.5) is 14.5 Å². The lowest BCUT2D eigenvalue weighted by molar-refractivity contribution is -0.126. The first-order chi connectivity index (χ1) is 20.0. The molecule has 222 valence electrons. The highest BCUT2D eigenvalue weighted by Gasteiger charge is 2.43. The summed E-state index contributed by atoms with van der Waals surface area (Å²) in [7, 11) is 0. The van der Waals surface area contributed by atoms with Gasteiger partial charge in [-0.05, 0) is 30.5 Å². The van der Waals surface area contributed by atoms with Gasteiger partial charge in [-0.2, -0.15) is 10.2 Å². The number of halogens is 2. The fraction of sp³-hybridized carbons (Fsp3) is 0.500. The predicted octanol–water partition coefficient (Wildman–Crippen LogP) is 3.22. The molecule has 1 aromatic heterocycles. The maximum Gasteiger partial charge on any atom is 0.250 e. The number of anilines is 1. The number of nitrogens with zero attached hydrogens (tertiary/aromatic N) is 5. The fourth-order valence-corrected chi connectivity index (χ4v) is 6.78. The van der Waals surface area contributed by atoms with Gasteiger partial charge in [0.05, 0.1) is 23.6 Å². The largest absolute Gasteiger partial charge is 0.337 e. The van der Waals surface area contributed by atoms with Crippen LogP contribution in [0.5, 0.6) is 0 Å². The second-order valence-electron chi connectivity index (χ2n) is 12.9. The Morgan fingerprint density at radius 3 is 2.71 bits per heavy atom. The molecular weight excluding hydrogens is 538 g/mol. The summed E-state index contributed by atoms with van der Waals surface area (Å²) in [5.41, 5.74) is 2.73. The van der Waals surface area contributed by atoms with E-state index in [1.165, 1.54) is 12.1 Å². The van der Waals surface area contributed by atoms with E-state index in [9.17, 15) is 18.4 Å². The minimum atomic E-state index is -0.637. The highest BCUT2D eigenvalue weighted by molar-refractivity contribution is 5.98. The van der Waals surface area contributed by atoms with Gasteiger partial charge in [0.25, 0.3) is 0 Å². The summed E-state index contributed by atoms with van der Waals surface area (Å²) in [6.07, 6.45) is 6.22. The van der Waals surface area contributed by atoms with E-state index in [1.54, 1.807) is 4.90 Å². The quantitative estimate of drug-likeness (QED) is 0.569. The SMILES string of the molecule is CC1C=CC=C2C(=O)N(C[C@H]3CN[C@H](C)CN3CC(=O)N3CC(C)(C)c4nnc(Cc5ccc(F)cc5F)cc43)CC21. The Morgan fingerprint density at radius 2 is 1.95 bits per heavy atom. The summed E-state index contributed by atoms with van der Waals surface area (Å²) in [5, 5.41) is 12.3. The molecule has 1 N–H and O–H groups in total. The molecule has 8 nitrogen and oxygen atoms in total. The summed E-state index contributed by atoms with van der Waals surface area (Å²) >= 11 is 0. The standard InChI is InChI=1S/C32H38F2N6O2/c1-19-6-5-7-25-26(19)16-39(31(25)42)15-24-13-35-20(2)14-38(24)17-29(41)40-18-32(3,4)30-28(40)12-23(36-37-30)10-21-8-9-22(33)11-27(21)34/h5-9,11-12,19-20,24,26,35H,10,13-18H2,1-4H3/t19?,20-,24-,26?/m1/s1. The molecule has 42 heavy (non-hydrogen) atoms. The van der Waals surface area contributed by atoms with Crippen molar-refractivity contribution in [1.82, 2.24) is 25.3 Å². The number of likely N-dealkylation sites (tertiary alicyclic amines) is 1. The molecule has 1 aromatic carbocycles. The summed E-state index contributed by atoms with van der Waals surface area (Å²) < 4.78 is 27.8. The van der Waals surface area contributed by atoms with Crippen LogP contribution < -0.4 is 10.2 Å². The smallest absolute Gasteiger partial charge is 0.250 e. The molecule has 0 radical (unpaired) electrons. The first-order valence-corrected chi connectivity index (χ1v) is 14.8. The van der Waals surface area contributed by atoms with Gasteiger partial charge in [0.2, 0.25) is 11.8 Å². The van der Waals surface area contributed by atoms with Crippen LogP contribution in [0.2, 0.25) is 0 Å². The molecule has 1 aliphatic carbocycles. The fourth-order valence-electron chi connectivity index (χ4n) is 6.78. The van der Waals surface area contributed by atoms with E-state index in [1.807, 2.05) is 37.0 Å². The van der Waals surface area contributed by atoms with E-state index in [2.05, 4.69) is 40.3 Å². The van der Waals surface area contributed by atoms with Crippen LogP contribution in [-0.2, 0) is 21.4 Å². The molecule has 0 spiro atoms. The van der Waals surface area contributed by atoms with Crippen molar-refractivity contribution in [3.8, 4) is 0 Å². The lowest BCUT2D eigenvalue weighted by atomic mass is 9.85. The summed E-state index contributed by atoms with van der Waals surface area (Å²) in [4.78, 5) is 33.1. The molecule has 4 heterocycles. The van der Waals surface area contributed by atoms with Gasteiger partial charge in [-0.25, -0.2) is 8.78 Å². The molecule has 2 amide bonds. The average molecular weight is 577 g/mol. The molecule has 0 saturated carbocycles. The zero-order valence-corrected chi connectivity index (χ0v) is 24.6. The van der Waals surface area contributed by atoms with E-state index in [0.29, 0.717) is 55.6 Å². The zero-order valence-electron chi connectivity index (χ0n) is 24.6. The first-order valence-electron chi connectivity index (χ1n) is 14.8. The van der Waals surface area contributed by atoms with Crippen LogP contribution in [0.3, 0.4) is 0 Å². The Balaban J connectivity index is 1.19. The second kappa shape index (κ2) is 11.0. The molecular formula is C32H38F2N6O2. The molecule has 2 unspecified atom stereocenters. The van der Waals surface area contributed by atoms with E-state index in [4.69, 9.17) is 0 Å². The van der Waals surface area contributed by atoms with Crippen molar-refractivity contribution in [3.05, 3.63) is 76.7 Å². The van der Waals surface area contributed by atoms with Crippen LogP contribution >= 0.6 is 0 Å². The Kier molecular flexibility index (Phi) is 7.47. The number of fused-ring (bicyclic) bond motifs is 2. The summed E-state index contributed by atoms with van der Waals surface area (Å²) in [6, 6.07) is 5.51. The first kappa shape index (κ1) is 28.6. The molecule has 4 atom stereocenters. The number of hydrogen-bond donors (Lipinski definition) is 1. The topological polar surface area (TPSA) is 81.7 Å². The molecule has 2 aromatic rings. The van der Waals surface area contributed by atoms with Crippen LogP contribution in [0.1, 0.15) is 44.6 Å². The van der Waals surface area contributed by atoms with Crippen molar-refractivity contribution in [2.45, 2.75) is 51.6 Å². The van der Waals surface area contributed by atoms with Crippen molar-refractivity contribution >= 4 is 17.5 Å². The Morgan fingerprint density at radius 1 is 1.14 bits per heavy atom. The average Bonchev–Trinajstić information content (AvgIpc) is 3.40. The zero-order chi connectivity index (χ0) is 29.8. The molecule has 3 aliphatic heterocycles. The van der Waals surface area contributed by atoms with E-state index in [-0.39, 0.29) is 42.8 Å². The number of allylic oxidation sites excluding steroid dienone is 3. The second-order valence-corrected chi connectivity index (χ2v) is 12.9. The number of benzene rings is 1. The minimum Gasteiger partial charge on any atom is -0.337 e. The molecule has 2 fully saturated rings. The number of nitrogens with one attached hydrogen (secondary N) is 1. The van der Waals surface area contributed by atoms with Crippen molar-refractivity contribution in [2.24, 2.45) is 11.8 Å². The third kappa shape index (κ3) is 5.38. The highest BCUT2D eigenvalue weighted by atomic mass is 19.1. The van der Waals surface area contributed by atoms with E-state index >= 15 is 0 Å². The number of aromatic nitrogens is 2. The number of amides is 2. The van der Waals surface area contributed by atoms with Gasteiger partial charge >= 0.3 is 0 Å². The van der Waals surface area contributed by atoms with Gasteiger partial charge in [-0.3, -0.25) is 14.5 Å². The van der Waals surface area contributed by atoms with Gasteiger partial charge in [-0.1, -0.05) is 45.1 Å². The summed E-state index contributed by atoms with van der Waals surface area (Å²) in [6.45, 7) is 11.6. The normalized spacial score (nSPS) is 26.8. The lowest BCUT2D eigenvalue weighted by Gasteiger charge is -2.41. The summed E-state index contributed by atoms with van der Waals surface area (Å²) in [5.74, 6) is -0.675. The van der Waals surface area contributed by atoms with Crippen LogP contribution in [0, 0.1) is 23.5 Å². The van der Waals surface area contributed by atoms with Gasteiger partial charge in [0.1, 0.15) is 11.6 Å². The number of hydrogen-bond acceptors (Lipinski definition) is 6. The van der Waals surface area contributed by atoms with Crippen LogP contribution in [0.15, 0.2) is 48.1 Å². The van der Waals surface area contributed by atoms with E-state index < -0.39 is 17.0 Å². The van der Waals surface area contributed by atoms with Crippen molar-refractivity contribution < 1.29 is 18.4 Å². The van der Waals surface area contributed by atoms with Crippen molar-refractivity contribution in [2.75, 3.05) is 44.2 Å².